The SMILES string of the molecule is Cc1nccn1Cc1cc2c(c(-c3cn(C)nc3C(F)(F)F)c1)CCN(Cc1cccc(Br)c1)C2=O. The molecule has 1 aliphatic rings. The van der Waals surface area contributed by atoms with Gasteiger partial charge in [0.1, 0.15) is 5.82 Å². The van der Waals surface area contributed by atoms with Crippen molar-refractivity contribution in [2.75, 3.05) is 6.54 Å². The first-order valence-electron chi connectivity index (χ1n) is 11.4. The lowest BCUT2D eigenvalue weighted by atomic mass is 9.88. The van der Waals surface area contributed by atoms with E-state index < -0.39 is 11.9 Å². The van der Waals surface area contributed by atoms with Crippen LogP contribution < -0.4 is 0 Å². The van der Waals surface area contributed by atoms with Crippen molar-refractivity contribution in [3.63, 3.8) is 0 Å². The quantitative estimate of drug-likeness (QED) is 0.320. The second kappa shape index (κ2) is 9.24. The minimum atomic E-state index is -4.62. The normalized spacial score (nSPS) is 13.8. The van der Waals surface area contributed by atoms with E-state index in [0.29, 0.717) is 42.7 Å². The maximum Gasteiger partial charge on any atom is 0.435 e. The molecule has 1 aliphatic heterocycles. The maximum absolute atomic E-state index is 13.9. The topological polar surface area (TPSA) is 56.0 Å². The Morgan fingerprint density at radius 3 is 2.53 bits per heavy atom. The molecule has 10 heteroatoms. The van der Waals surface area contributed by atoms with Gasteiger partial charge in [-0.05, 0) is 59.9 Å². The Balaban J connectivity index is 1.61. The molecule has 0 spiro atoms. The molecular formula is C26H23BrF3N5O. The number of hydrogen-bond donors (Lipinski definition) is 0. The van der Waals surface area contributed by atoms with Crippen molar-refractivity contribution in [1.29, 1.82) is 0 Å². The fourth-order valence-electron chi connectivity index (χ4n) is 4.71. The third kappa shape index (κ3) is 4.69. The van der Waals surface area contributed by atoms with Crippen LogP contribution in [0.1, 0.15) is 38.6 Å². The lowest BCUT2D eigenvalue weighted by molar-refractivity contribution is -0.140. The van der Waals surface area contributed by atoms with E-state index in [-0.39, 0.29) is 11.5 Å². The van der Waals surface area contributed by atoms with E-state index in [1.54, 1.807) is 29.4 Å². The molecule has 0 aliphatic carbocycles. The van der Waals surface area contributed by atoms with Crippen molar-refractivity contribution in [3.05, 3.63) is 93.2 Å². The first kappa shape index (κ1) is 24.3. The van der Waals surface area contributed by atoms with E-state index in [1.807, 2.05) is 35.8 Å². The molecular weight excluding hydrogens is 535 g/mol. The number of imidazole rings is 1. The summed E-state index contributed by atoms with van der Waals surface area (Å²) in [6, 6.07) is 11.3. The zero-order valence-corrected chi connectivity index (χ0v) is 21.3. The van der Waals surface area contributed by atoms with Crippen molar-refractivity contribution < 1.29 is 18.0 Å². The number of halogens is 4. The molecule has 4 aromatic rings. The first-order valence-corrected chi connectivity index (χ1v) is 12.2. The zero-order chi connectivity index (χ0) is 25.6. The van der Waals surface area contributed by atoms with Crippen LogP contribution in [0.5, 0.6) is 0 Å². The second-order valence-corrected chi connectivity index (χ2v) is 9.86. The summed E-state index contributed by atoms with van der Waals surface area (Å²) in [6.45, 7) is 3.06. The van der Waals surface area contributed by atoms with Gasteiger partial charge in [0, 0.05) is 60.9 Å². The minimum Gasteiger partial charge on any atom is -0.334 e. The van der Waals surface area contributed by atoms with E-state index in [0.717, 1.165) is 21.4 Å². The van der Waals surface area contributed by atoms with Gasteiger partial charge in [0.15, 0.2) is 5.69 Å². The molecule has 0 unspecified atom stereocenters. The van der Waals surface area contributed by atoms with Gasteiger partial charge in [-0.2, -0.15) is 18.3 Å². The number of alkyl halides is 3. The standard InChI is InChI=1S/C26H23BrF3N5O/c1-16-31-7-9-34(16)14-18-11-21(23-15-33(2)32-24(23)26(28,29)30)20-6-8-35(25(36)22(20)12-18)13-17-4-3-5-19(27)10-17/h3-5,7,9-12,15H,6,8,13-14H2,1-2H3. The number of rotatable bonds is 5. The molecule has 0 radical (unpaired) electrons. The maximum atomic E-state index is 13.9. The molecule has 2 aromatic heterocycles. The Hall–Kier alpha value is -3.40. The highest BCUT2D eigenvalue weighted by Crippen LogP contribution is 2.40. The largest absolute Gasteiger partial charge is 0.435 e. The minimum absolute atomic E-state index is 0.0151. The van der Waals surface area contributed by atoms with Crippen LogP contribution in [-0.4, -0.2) is 36.7 Å². The van der Waals surface area contributed by atoms with Crippen LogP contribution in [0.3, 0.4) is 0 Å². The van der Waals surface area contributed by atoms with E-state index in [4.69, 9.17) is 0 Å². The smallest absolute Gasteiger partial charge is 0.334 e. The lowest BCUT2D eigenvalue weighted by Gasteiger charge is -2.31. The molecule has 2 aromatic carbocycles. The summed E-state index contributed by atoms with van der Waals surface area (Å²) < 4.78 is 45.6. The van der Waals surface area contributed by atoms with Crippen LogP contribution in [0.4, 0.5) is 13.2 Å². The summed E-state index contributed by atoms with van der Waals surface area (Å²) in [5, 5.41) is 3.70. The van der Waals surface area contributed by atoms with Crippen LogP contribution in [-0.2, 0) is 32.7 Å². The highest BCUT2D eigenvalue weighted by molar-refractivity contribution is 9.10. The molecule has 1 amide bonds. The molecule has 0 saturated heterocycles. The third-order valence-corrected chi connectivity index (χ3v) is 6.88. The molecule has 0 fully saturated rings. The van der Waals surface area contributed by atoms with Gasteiger partial charge in [-0.25, -0.2) is 4.98 Å². The van der Waals surface area contributed by atoms with Gasteiger partial charge >= 0.3 is 6.18 Å². The van der Waals surface area contributed by atoms with Gasteiger partial charge in [0.05, 0.1) is 0 Å². The molecule has 6 nitrogen and oxygen atoms in total. The molecule has 186 valence electrons. The number of nitrogens with zero attached hydrogens (tertiary/aromatic N) is 5. The van der Waals surface area contributed by atoms with Gasteiger partial charge in [0.2, 0.25) is 0 Å². The monoisotopic (exact) mass is 557 g/mol. The number of aryl methyl sites for hydroxylation is 2. The van der Waals surface area contributed by atoms with Gasteiger partial charge in [-0.1, -0.05) is 28.1 Å². The summed E-state index contributed by atoms with van der Waals surface area (Å²) in [5.41, 5.74) is 2.17. The van der Waals surface area contributed by atoms with Crippen LogP contribution >= 0.6 is 15.9 Å². The Bertz CT molecular complexity index is 1460. The van der Waals surface area contributed by atoms with Gasteiger partial charge in [-0.3, -0.25) is 9.48 Å². The Kier molecular flexibility index (Phi) is 6.23. The number of carbonyl (C=O) groups is 1. The Morgan fingerprint density at radius 2 is 1.83 bits per heavy atom. The number of benzene rings is 2. The predicted octanol–water partition coefficient (Wildman–Crippen LogP) is 5.62. The van der Waals surface area contributed by atoms with Crippen LogP contribution in [0.15, 0.2) is 59.5 Å². The number of aromatic nitrogens is 4. The second-order valence-electron chi connectivity index (χ2n) is 8.94. The number of hydrogen-bond acceptors (Lipinski definition) is 3. The molecule has 5 rings (SSSR count). The van der Waals surface area contributed by atoms with Crippen molar-refractivity contribution in [2.45, 2.75) is 32.6 Å². The van der Waals surface area contributed by atoms with Crippen molar-refractivity contribution >= 4 is 21.8 Å². The number of fused-ring (bicyclic) bond motifs is 1. The molecule has 0 N–H and O–H groups in total. The molecule has 0 atom stereocenters. The molecule has 0 saturated carbocycles. The molecule has 36 heavy (non-hydrogen) atoms. The average molecular weight is 558 g/mol. The van der Waals surface area contributed by atoms with E-state index in [1.165, 1.54) is 17.9 Å². The number of amides is 1. The van der Waals surface area contributed by atoms with E-state index in [2.05, 4.69) is 26.0 Å². The molecule has 0 bridgehead atoms. The van der Waals surface area contributed by atoms with Crippen LogP contribution in [0, 0.1) is 6.92 Å². The zero-order valence-electron chi connectivity index (χ0n) is 19.7. The predicted molar refractivity (Wildman–Crippen MR) is 132 cm³/mol. The Labute approximate surface area is 214 Å². The van der Waals surface area contributed by atoms with Gasteiger partial charge < -0.3 is 9.47 Å². The van der Waals surface area contributed by atoms with Crippen molar-refractivity contribution in [3.8, 4) is 11.1 Å². The van der Waals surface area contributed by atoms with Crippen LogP contribution in [0.25, 0.3) is 11.1 Å². The number of carbonyl (C=O) groups excluding carboxylic acids is 1. The van der Waals surface area contributed by atoms with Crippen LogP contribution in [0.2, 0.25) is 0 Å². The summed E-state index contributed by atoms with van der Waals surface area (Å²) in [5.74, 6) is 0.577. The third-order valence-electron chi connectivity index (χ3n) is 6.39. The summed E-state index contributed by atoms with van der Waals surface area (Å²) in [4.78, 5) is 19.6. The molecule has 3 heterocycles. The fourth-order valence-corrected chi connectivity index (χ4v) is 5.16. The lowest BCUT2D eigenvalue weighted by Crippen LogP contribution is -2.37. The Morgan fingerprint density at radius 1 is 1.06 bits per heavy atom. The van der Waals surface area contributed by atoms with Gasteiger partial charge in [0.25, 0.3) is 5.91 Å². The van der Waals surface area contributed by atoms with E-state index in [9.17, 15) is 18.0 Å². The average Bonchev–Trinajstić information content (AvgIpc) is 3.41. The first-order chi connectivity index (χ1) is 17.1. The highest BCUT2D eigenvalue weighted by atomic mass is 79.9. The fraction of sp³-hybridized carbons (Fsp3) is 0.269. The highest BCUT2D eigenvalue weighted by Gasteiger charge is 2.39. The summed E-state index contributed by atoms with van der Waals surface area (Å²) >= 11 is 3.46. The van der Waals surface area contributed by atoms with Crippen molar-refractivity contribution in [2.24, 2.45) is 7.05 Å². The van der Waals surface area contributed by atoms with Crippen molar-refractivity contribution in [1.82, 2.24) is 24.2 Å². The summed E-state index contributed by atoms with van der Waals surface area (Å²) in [6.07, 6.45) is 0.680. The summed E-state index contributed by atoms with van der Waals surface area (Å²) in [7, 11) is 1.47. The van der Waals surface area contributed by atoms with Gasteiger partial charge in [-0.15, -0.1) is 0 Å². The van der Waals surface area contributed by atoms with E-state index >= 15 is 0 Å².